The van der Waals surface area contributed by atoms with Gasteiger partial charge in [0.25, 0.3) is 0 Å². The molecular formula is C20H22N2O2. The van der Waals surface area contributed by atoms with E-state index in [1.54, 1.807) is 0 Å². The fourth-order valence-electron chi connectivity index (χ4n) is 3.64. The van der Waals surface area contributed by atoms with E-state index in [9.17, 15) is 4.79 Å². The molecule has 0 amide bonds. The fraction of sp³-hybridized carbons (Fsp3) is 0.350. The third kappa shape index (κ3) is 2.78. The monoisotopic (exact) mass is 322 g/mol. The van der Waals surface area contributed by atoms with Gasteiger partial charge in [-0.15, -0.1) is 0 Å². The molecule has 2 aromatic rings. The molecule has 4 rings (SSSR count). The average Bonchev–Trinajstić information content (AvgIpc) is 2.75. The van der Waals surface area contributed by atoms with Gasteiger partial charge >= 0.3 is 0 Å². The molecule has 2 atom stereocenters. The van der Waals surface area contributed by atoms with Crippen LogP contribution in [-0.2, 0) is 6.61 Å². The summed E-state index contributed by atoms with van der Waals surface area (Å²) in [7, 11) is 0. The van der Waals surface area contributed by atoms with E-state index in [1.165, 1.54) is 12.8 Å². The molecule has 3 N–H and O–H groups in total. The van der Waals surface area contributed by atoms with Crippen LogP contribution in [0.2, 0.25) is 0 Å². The number of nitrogens with one attached hydrogen (secondary N) is 1. The van der Waals surface area contributed by atoms with Crippen molar-refractivity contribution in [3.8, 4) is 5.75 Å². The lowest BCUT2D eigenvalue weighted by Crippen LogP contribution is -2.42. The number of rotatable bonds is 2. The quantitative estimate of drug-likeness (QED) is 0.888. The average molecular weight is 322 g/mol. The molecule has 24 heavy (non-hydrogen) atoms. The molecule has 1 unspecified atom stereocenters. The summed E-state index contributed by atoms with van der Waals surface area (Å²) in [5.41, 5.74) is 9.47. The summed E-state index contributed by atoms with van der Waals surface area (Å²) in [6.45, 7) is 0.418. The number of anilines is 1. The van der Waals surface area contributed by atoms with Gasteiger partial charge in [-0.1, -0.05) is 37.1 Å². The van der Waals surface area contributed by atoms with E-state index in [-0.39, 0.29) is 17.9 Å². The minimum Gasteiger partial charge on any atom is -0.488 e. The van der Waals surface area contributed by atoms with Gasteiger partial charge in [0.15, 0.2) is 5.78 Å². The molecule has 0 aromatic heterocycles. The van der Waals surface area contributed by atoms with Crippen molar-refractivity contribution >= 4 is 11.5 Å². The standard InChI is InChI=1S/C20H22N2O2/c21-17-7-3-4-8-18(17)22-14-9-10-16-19(11-14)24-12-13-5-1-2-6-15(13)20(16)23/h1-2,5-6,9-11,17-18,22H,3-4,7-8,12,21H2/t17?,18-/m1/s1. The molecule has 2 aliphatic rings. The van der Waals surface area contributed by atoms with Crippen LogP contribution in [0.25, 0.3) is 0 Å². The summed E-state index contributed by atoms with van der Waals surface area (Å²) in [6.07, 6.45) is 4.57. The Morgan fingerprint density at radius 3 is 2.75 bits per heavy atom. The first-order chi connectivity index (χ1) is 11.7. The third-order valence-corrected chi connectivity index (χ3v) is 5.04. The normalized spacial score (nSPS) is 22.8. The van der Waals surface area contributed by atoms with Gasteiger partial charge in [0.05, 0.1) is 5.56 Å². The van der Waals surface area contributed by atoms with Gasteiger partial charge in [-0.2, -0.15) is 0 Å². The van der Waals surface area contributed by atoms with Crippen LogP contribution in [0.4, 0.5) is 5.69 Å². The Kier molecular flexibility index (Phi) is 3.98. The Morgan fingerprint density at radius 2 is 1.88 bits per heavy atom. The van der Waals surface area contributed by atoms with Crippen molar-refractivity contribution in [2.45, 2.75) is 44.4 Å². The maximum atomic E-state index is 12.8. The summed E-state index contributed by atoms with van der Waals surface area (Å²) in [4.78, 5) is 12.8. The number of carbonyl (C=O) groups is 1. The largest absolute Gasteiger partial charge is 0.488 e. The zero-order chi connectivity index (χ0) is 16.5. The Morgan fingerprint density at radius 1 is 1.04 bits per heavy atom. The second-order valence-electron chi connectivity index (χ2n) is 6.69. The smallest absolute Gasteiger partial charge is 0.197 e. The lowest BCUT2D eigenvalue weighted by molar-refractivity contribution is 0.103. The van der Waals surface area contributed by atoms with E-state index < -0.39 is 0 Å². The Labute approximate surface area is 142 Å². The second-order valence-corrected chi connectivity index (χ2v) is 6.69. The number of nitrogens with two attached hydrogens (primary N) is 1. The lowest BCUT2D eigenvalue weighted by Gasteiger charge is -2.30. The van der Waals surface area contributed by atoms with Crippen molar-refractivity contribution in [3.63, 3.8) is 0 Å². The minimum atomic E-state index is 0.0269. The summed E-state index contributed by atoms with van der Waals surface area (Å²) in [6, 6.07) is 13.8. The Bertz CT molecular complexity index is 772. The van der Waals surface area contributed by atoms with E-state index in [0.29, 0.717) is 17.9 Å². The van der Waals surface area contributed by atoms with Gasteiger partial charge in [0, 0.05) is 35.0 Å². The van der Waals surface area contributed by atoms with Crippen molar-refractivity contribution in [1.29, 1.82) is 0 Å². The highest BCUT2D eigenvalue weighted by Crippen LogP contribution is 2.32. The number of ether oxygens (including phenoxy) is 1. The lowest BCUT2D eigenvalue weighted by atomic mass is 9.91. The van der Waals surface area contributed by atoms with Crippen LogP contribution in [0.15, 0.2) is 42.5 Å². The number of hydrogen-bond donors (Lipinski definition) is 2. The molecule has 0 radical (unpaired) electrons. The molecule has 0 spiro atoms. The highest BCUT2D eigenvalue weighted by Gasteiger charge is 2.24. The molecule has 0 saturated heterocycles. The van der Waals surface area contributed by atoms with Crippen LogP contribution in [0.1, 0.15) is 47.2 Å². The maximum Gasteiger partial charge on any atom is 0.197 e. The fourth-order valence-corrected chi connectivity index (χ4v) is 3.64. The summed E-state index contributed by atoms with van der Waals surface area (Å²) < 4.78 is 5.91. The van der Waals surface area contributed by atoms with Crippen LogP contribution in [0.3, 0.4) is 0 Å². The molecule has 1 fully saturated rings. The maximum absolute atomic E-state index is 12.8. The van der Waals surface area contributed by atoms with Crippen molar-refractivity contribution in [1.82, 2.24) is 0 Å². The molecule has 4 nitrogen and oxygen atoms in total. The van der Waals surface area contributed by atoms with Crippen molar-refractivity contribution in [2.75, 3.05) is 5.32 Å². The molecule has 1 saturated carbocycles. The Balaban J connectivity index is 1.61. The highest BCUT2D eigenvalue weighted by atomic mass is 16.5. The van der Waals surface area contributed by atoms with Gasteiger partial charge in [0.2, 0.25) is 0 Å². The molecule has 1 aliphatic heterocycles. The van der Waals surface area contributed by atoms with Gasteiger partial charge in [-0.3, -0.25) is 4.79 Å². The highest BCUT2D eigenvalue weighted by molar-refractivity contribution is 6.12. The van der Waals surface area contributed by atoms with E-state index >= 15 is 0 Å². The van der Waals surface area contributed by atoms with Crippen LogP contribution in [-0.4, -0.2) is 17.9 Å². The molecule has 1 heterocycles. The van der Waals surface area contributed by atoms with Gasteiger partial charge in [-0.05, 0) is 25.0 Å². The van der Waals surface area contributed by atoms with Crippen molar-refractivity contribution < 1.29 is 9.53 Å². The molecule has 0 bridgehead atoms. The van der Waals surface area contributed by atoms with Crippen LogP contribution in [0, 0.1) is 0 Å². The van der Waals surface area contributed by atoms with Crippen molar-refractivity contribution in [2.24, 2.45) is 5.73 Å². The van der Waals surface area contributed by atoms with Crippen molar-refractivity contribution in [3.05, 3.63) is 59.2 Å². The number of fused-ring (bicyclic) bond motifs is 2. The predicted molar refractivity (Wildman–Crippen MR) is 94.5 cm³/mol. The predicted octanol–water partition coefficient (Wildman–Crippen LogP) is 3.49. The van der Waals surface area contributed by atoms with Crippen LogP contribution < -0.4 is 15.8 Å². The van der Waals surface area contributed by atoms with E-state index in [0.717, 1.165) is 29.7 Å². The van der Waals surface area contributed by atoms with Gasteiger partial charge < -0.3 is 15.8 Å². The molecule has 124 valence electrons. The first-order valence-electron chi connectivity index (χ1n) is 8.64. The zero-order valence-electron chi connectivity index (χ0n) is 13.6. The summed E-state index contributed by atoms with van der Waals surface area (Å²) in [5.74, 6) is 0.671. The molecule has 1 aliphatic carbocycles. The van der Waals surface area contributed by atoms with E-state index in [2.05, 4.69) is 5.32 Å². The summed E-state index contributed by atoms with van der Waals surface area (Å²) >= 11 is 0. The summed E-state index contributed by atoms with van der Waals surface area (Å²) in [5, 5.41) is 3.52. The number of carbonyl (C=O) groups excluding carboxylic acids is 1. The molecule has 4 heteroatoms. The molecular weight excluding hydrogens is 300 g/mol. The number of benzene rings is 2. The van der Waals surface area contributed by atoms with Crippen LogP contribution in [0.5, 0.6) is 5.75 Å². The van der Waals surface area contributed by atoms with E-state index in [1.807, 2.05) is 42.5 Å². The topological polar surface area (TPSA) is 64.3 Å². The first-order valence-corrected chi connectivity index (χ1v) is 8.64. The third-order valence-electron chi connectivity index (χ3n) is 5.04. The van der Waals surface area contributed by atoms with Gasteiger partial charge in [0.1, 0.15) is 12.4 Å². The SMILES string of the molecule is NC1CCCC[C@H]1Nc1ccc2c(c1)OCc1ccccc1C2=O. The van der Waals surface area contributed by atoms with E-state index in [4.69, 9.17) is 10.5 Å². The first kappa shape index (κ1) is 15.2. The second kappa shape index (κ2) is 6.29. The number of ketones is 1. The van der Waals surface area contributed by atoms with Gasteiger partial charge in [-0.25, -0.2) is 0 Å². The Hall–Kier alpha value is -2.33. The molecule has 2 aromatic carbocycles. The van der Waals surface area contributed by atoms with Crippen LogP contribution >= 0.6 is 0 Å². The number of hydrogen-bond acceptors (Lipinski definition) is 4. The zero-order valence-corrected chi connectivity index (χ0v) is 13.6. The minimum absolute atomic E-state index is 0.0269.